The van der Waals surface area contributed by atoms with Crippen LogP contribution in [-0.2, 0) is 15.8 Å². The second-order valence-electron chi connectivity index (χ2n) is 7.88. The van der Waals surface area contributed by atoms with E-state index in [0.717, 1.165) is 76.6 Å². The summed E-state index contributed by atoms with van der Waals surface area (Å²) in [4.78, 5) is 26.6. The van der Waals surface area contributed by atoms with Gasteiger partial charge in [0.1, 0.15) is 0 Å². The smallest absolute Gasteiger partial charge is 0.370 e. The van der Waals surface area contributed by atoms with Crippen LogP contribution in [0.4, 0.5) is 24.5 Å². The van der Waals surface area contributed by atoms with Crippen molar-refractivity contribution in [1.82, 2.24) is 5.32 Å². The lowest BCUT2D eigenvalue weighted by atomic mass is 9.89. The van der Waals surface area contributed by atoms with Crippen molar-refractivity contribution < 1.29 is 22.8 Å². The zero-order chi connectivity index (χ0) is 20.9. The van der Waals surface area contributed by atoms with Gasteiger partial charge in [0.05, 0.1) is 23.5 Å². The number of nitrogens with one attached hydrogen (secondary N) is 2. The Hall–Kier alpha value is -2.25. The summed E-state index contributed by atoms with van der Waals surface area (Å²) in [5, 5.41) is 5.21. The van der Waals surface area contributed by atoms with Gasteiger partial charge in [-0.2, -0.15) is 13.2 Å². The molecule has 1 saturated heterocycles. The maximum Gasteiger partial charge on any atom is 0.416 e. The lowest BCUT2D eigenvalue weighted by Gasteiger charge is -2.31. The first-order valence-electron chi connectivity index (χ1n) is 10.4. The highest BCUT2D eigenvalue weighted by molar-refractivity contribution is 5.97. The van der Waals surface area contributed by atoms with E-state index in [2.05, 4.69) is 10.6 Å². The minimum atomic E-state index is -4.49. The lowest BCUT2D eigenvalue weighted by molar-refractivity contribution is -0.137. The van der Waals surface area contributed by atoms with Gasteiger partial charge in [0.15, 0.2) is 0 Å². The first kappa shape index (κ1) is 21.5. The third kappa shape index (κ3) is 5.87. The molecule has 0 atom stereocenters. The average molecular weight is 411 g/mol. The van der Waals surface area contributed by atoms with Gasteiger partial charge in [-0.05, 0) is 50.3 Å². The third-order valence-electron chi connectivity index (χ3n) is 5.69. The number of hydrogen-bond acceptors (Lipinski definition) is 3. The minimum absolute atomic E-state index is 0.0750. The van der Waals surface area contributed by atoms with Crippen LogP contribution < -0.4 is 15.5 Å². The molecule has 1 saturated carbocycles. The first-order chi connectivity index (χ1) is 13.8. The molecule has 1 heterocycles. The summed E-state index contributed by atoms with van der Waals surface area (Å²) >= 11 is 0. The predicted octanol–water partition coefficient (Wildman–Crippen LogP) is 4.33. The Morgan fingerprint density at radius 1 is 1.00 bits per heavy atom. The Kier molecular flexibility index (Phi) is 7.03. The van der Waals surface area contributed by atoms with Crippen LogP contribution in [0.2, 0.25) is 0 Å². The molecule has 29 heavy (non-hydrogen) atoms. The Bertz CT molecular complexity index is 724. The fourth-order valence-corrected chi connectivity index (χ4v) is 4.09. The van der Waals surface area contributed by atoms with Gasteiger partial charge >= 0.3 is 6.18 Å². The number of carbonyl (C=O) groups is 2. The lowest BCUT2D eigenvalue weighted by Crippen LogP contribution is -2.38. The average Bonchev–Trinajstić information content (AvgIpc) is 2.72. The fourth-order valence-electron chi connectivity index (χ4n) is 4.09. The third-order valence-corrected chi connectivity index (χ3v) is 5.69. The number of rotatable bonds is 5. The molecule has 0 unspecified atom stereocenters. The molecule has 2 aliphatic rings. The van der Waals surface area contributed by atoms with Gasteiger partial charge in [0.25, 0.3) is 0 Å². The van der Waals surface area contributed by atoms with E-state index in [0.29, 0.717) is 5.69 Å². The number of hydrogen-bond donors (Lipinski definition) is 2. The highest BCUT2D eigenvalue weighted by atomic mass is 19.4. The van der Waals surface area contributed by atoms with Crippen molar-refractivity contribution in [2.24, 2.45) is 5.92 Å². The largest absolute Gasteiger partial charge is 0.416 e. The molecule has 1 aromatic rings. The van der Waals surface area contributed by atoms with Gasteiger partial charge in [0.2, 0.25) is 11.8 Å². The number of benzene rings is 1. The van der Waals surface area contributed by atoms with Crippen molar-refractivity contribution >= 4 is 23.2 Å². The summed E-state index contributed by atoms with van der Waals surface area (Å²) in [6.07, 6.45) is 3.31. The van der Waals surface area contributed by atoms with Gasteiger partial charge in [-0.1, -0.05) is 19.3 Å². The standard InChI is InChI=1S/C21H28F3N3O2/c22-21(23,24)16-9-10-18(27-11-5-2-6-12-27)17(13-16)26-19(28)14-25-20(29)15-7-3-1-4-8-15/h9-10,13,15H,1-8,11-12,14H2,(H,25,29)(H,26,28). The molecule has 160 valence electrons. The molecule has 0 aromatic heterocycles. The monoisotopic (exact) mass is 411 g/mol. The molecule has 5 nitrogen and oxygen atoms in total. The van der Waals surface area contributed by atoms with Gasteiger partial charge in [-0.15, -0.1) is 0 Å². The van der Waals surface area contributed by atoms with E-state index in [9.17, 15) is 22.8 Å². The number of anilines is 2. The van der Waals surface area contributed by atoms with Crippen LogP contribution in [0.25, 0.3) is 0 Å². The van der Waals surface area contributed by atoms with Crippen molar-refractivity contribution in [1.29, 1.82) is 0 Å². The molecule has 2 fully saturated rings. The highest BCUT2D eigenvalue weighted by Crippen LogP contribution is 2.36. The molecule has 3 rings (SSSR count). The molecule has 0 radical (unpaired) electrons. The molecular weight excluding hydrogens is 383 g/mol. The number of alkyl halides is 3. The quantitative estimate of drug-likeness (QED) is 0.758. The van der Waals surface area contributed by atoms with Crippen LogP contribution >= 0.6 is 0 Å². The van der Waals surface area contributed by atoms with Crippen LogP contribution in [0.1, 0.15) is 56.9 Å². The Labute approximate surface area is 169 Å². The van der Waals surface area contributed by atoms with E-state index in [-0.39, 0.29) is 24.1 Å². The summed E-state index contributed by atoms with van der Waals surface area (Å²) in [5.41, 5.74) is -0.0805. The maximum atomic E-state index is 13.2. The molecule has 1 aromatic carbocycles. The topological polar surface area (TPSA) is 61.4 Å². The van der Waals surface area contributed by atoms with Gasteiger partial charge in [-0.3, -0.25) is 9.59 Å². The minimum Gasteiger partial charge on any atom is -0.370 e. The number of halogens is 3. The first-order valence-corrected chi connectivity index (χ1v) is 10.4. The van der Waals surface area contributed by atoms with Crippen molar-refractivity contribution in [2.45, 2.75) is 57.5 Å². The van der Waals surface area contributed by atoms with Crippen LogP contribution in [-0.4, -0.2) is 31.4 Å². The SMILES string of the molecule is O=C(CNC(=O)C1CCCCC1)Nc1cc(C(F)(F)F)ccc1N1CCCCC1. The number of amides is 2. The molecule has 0 bridgehead atoms. The Morgan fingerprint density at radius 2 is 1.66 bits per heavy atom. The van der Waals surface area contributed by atoms with E-state index < -0.39 is 17.6 Å². The summed E-state index contributed by atoms with van der Waals surface area (Å²) in [7, 11) is 0. The van der Waals surface area contributed by atoms with Crippen molar-refractivity contribution in [3.63, 3.8) is 0 Å². The highest BCUT2D eigenvalue weighted by Gasteiger charge is 2.32. The number of carbonyl (C=O) groups excluding carboxylic acids is 2. The Morgan fingerprint density at radius 3 is 2.31 bits per heavy atom. The molecule has 8 heteroatoms. The molecule has 2 amide bonds. The van der Waals surface area contributed by atoms with Crippen molar-refractivity contribution in [3.8, 4) is 0 Å². The second-order valence-corrected chi connectivity index (χ2v) is 7.88. The summed E-state index contributed by atoms with van der Waals surface area (Å²) in [6, 6.07) is 3.44. The van der Waals surface area contributed by atoms with Crippen LogP contribution in [0, 0.1) is 5.92 Å². The van der Waals surface area contributed by atoms with E-state index in [1.54, 1.807) is 0 Å². The maximum absolute atomic E-state index is 13.2. The summed E-state index contributed by atoms with van der Waals surface area (Å²) in [6.45, 7) is 1.24. The molecular formula is C21H28F3N3O2. The van der Waals surface area contributed by atoms with E-state index >= 15 is 0 Å². The molecule has 0 spiro atoms. The summed E-state index contributed by atoms with van der Waals surface area (Å²) in [5.74, 6) is -0.749. The number of piperidine rings is 1. The van der Waals surface area contributed by atoms with E-state index in [4.69, 9.17) is 0 Å². The van der Waals surface area contributed by atoms with Crippen LogP contribution in [0.5, 0.6) is 0 Å². The summed E-state index contributed by atoms with van der Waals surface area (Å²) < 4.78 is 39.5. The normalized spacial score (nSPS) is 18.4. The molecule has 1 aliphatic heterocycles. The fraction of sp³-hybridized carbons (Fsp3) is 0.619. The zero-order valence-corrected chi connectivity index (χ0v) is 16.5. The van der Waals surface area contributed by atoms with Crippen LogP contribution in [0.15, 0.2) is 18.2 Å². The van der Waals surface area contributed by atoms with Crippen molar-refractivity contribution in [3.05, 3.63) is 23.8 Å². The molecule has 1 aliphatic carbocycles. The zero-order valence-electron chi connectivity index (χ0n) is 16.5. The van der Waals surface area contributed by atoms with Gasteiger partial charge < -0.3 is 15.5 Å². The van der Waals surface area contributed by atoms with E-state index in [1.165, 1.54) is 6.07 Å². The van der Waals surface area contributed by atoms with Gasteiger partial charge in [-0.25, -0.2) is 0 Å². The van der Waals surface area contributed by atoms with Crippen molar-refractivity contribution in [2.75, 3.05) is 29.9 Å². The van der Waals surface area contributed by atoms with Gasteiger partial charge in [0, 0.05) is 19.0 Å². The number of nitrogens with zero attached hydrogens (tertiary/aromatic N) is 1. The van der Waals surface area contributed by atoms with Crippen LogP contribution in [0.3, 0.4) is 0 Å². The Balaban J connectivity index is 1.68. The molecule has 2 N–H and O–H groups in total. The second kappa shape index (κ2) is 9.50. The predicted molar refractivity (Wildman–Crippen MR) is 106 cm³/mol. The van der Waals surface area contributed by atoms with E-state index in [1.807, 2.05) is 4.90 Å².